The third kappa shape index (κ3) is 4.06. The number of aromatic nitrogens is 2. The van der Waals surface area contributed by atoms with E-state index in [0.29, 0.717) is 10.8 Å². The zero-order chi connectivity index (χ0) is 21.0. The highest BCUT2D eigenvalue weighted by Gasteiger charge is 2.50. The normalized spacial score (nSPS) is 24.9. The van der Waals surface area contributed by atoms with Crippen LogP contribution in [-0.2, 0) is 4.79 Å². The number of rotatable bonds is 6. The first-order chi connectivity index (χ1) is 13.5. The van der Waals surface area contributed by atoms with Crippen LogP contribution in [0.2, 0.25) is 0 Å². The average Bonchev–Trinajstić information content (AvgIpc) is 3.38. The van der Waals surface area contributed by atoms with Crippen molar-refractivity contribution >= 4 is 17.6 Å². The molecule has 0 bridgehead atoms. The Hall–Kier alpha value is -2.66. The number of carbonyl (C=O) groups is 2. The van der Waals surface area contributed by atoms with Gasteiger partial charge in [-0.15, -0.1) is 0 Å². The van der Waals surface area contributed by atoms with Crippen LogP contribution in [-0.4, -0.2) is 70.8 Å². The van der Waals surface area contributed by atoms with Crippen molar-refractivity contribution in [2.75, 3.05) is 31.1 Å². The summed E-state index contributed by atoms with van der Waals surface area (Å²) in [6.07, 6.45) is 2.07. The van der Waals surface area contributed by atoms with Crippen LogP contribution < -0.4 is 15.4 Å². The monoisotopic (exact) mass is 417 g/mol. The first-order valence-corrected chi connectivity index (χ1v) is 9.15. The van der Waals surface area contributed by atoms with E-state index in [1.807, 2.05) is 0 Å². The van der Waals surface area contributed by atoms with Gasteiger partial charge in [-0.2, -0.15) is 0 Å². The third-order valence-electron chi connectivity index (χ3n) is 5.10. The molecule has 29 heavy (non-hydrogen) atoms. The first kappa shape index (κ1) is 19.6. The number of anilines is 1. The highest BCUT2D eigenvalue weighted by atomic mass is 19.3. The number of halogens is 4. The molecular formula is C17H19F4N5O3. The van der Waals surface area contributed by atoms with Crippen LogP contribution in [0.3, 0.4) is 0 Å². The van der Waals surface area contributed by atoms with Crippen LogP contribution >= 0.6 is 0 Å². The molecule has 0 radical (unpaired) electrons. The van der Waals surface area contributed by atoms with E-state index in [1.54, 1.807) is 0 Å². The Balaban J connectivity index is 1.58. The maximum Gasteiger partial charge on any atom is 0.282 e. The predicted octanol–water partition coefficient (Wildman–Crippen LogP) is 1.06. The summed E-state index contributed by atoms with van der Waals surface area (Å²) in [7, 11) is 0. The van der Waals surface area contributed by atoms with Crippen molar-refractivity contribution in [3.63, 3.8) is 0 Å². The van der Waals surface area contributed by atoms with Crippen LogP contribution in [0.25, 0.3) is 0 Å². The maximum absolute atomic E-state index is 13.7. The van der Waals surface area contributed by atoms with E-state index < -0.39 is 55.8 Å². The lowest BCUT2D eigenvalue weighted by atomic mass is 10.1. The van der Waals surface area contributed by atoms with Gasteiger partial charge in [0.05, 0.1) is 32.4 Å². The molecule has 3 fully saturated rings. The number of hydrogen-bond donors (Lipinski definition) is 1. The van der Waals surface area contributed by atoms with E-state index in [-0.39, 0.29) is 24.0 Å². The number of carbonyl (C=O) groups excluding carboxylic acids is 2. The summed E-state index contributed by atoms with van der Waals surface area (Å²) in [5.41, 5.74) is 4.83. The number of nitrogens with zero attached hydrogens (tertiary/aromatic N) is 4. The molecule has 158 valence electrons. The van der Waals surface area contributed by atoms with Crippen molar-refractivity contribution in [3.8, 4) is 5.88 Å². The summed E-state index contributed by atoms with van der Waals surface area (Å²) in [5, 5.41) is 0. The van der Waals surface area contributed by atoms with E-state index in [0.717, 1.165) is 19.0 Å². The van der Waals surface area contributed by atoms with Gasteiger partial charge in [0, 0.05) is 6.42 Å². The highest BCUT2D eigenvalue weighted by molar-refractivity contribution is 5.96. The zero-order valence-corrected chi connectivity index (χ0v) is 15.3. The van der Waals surface area contributed by atoms with Crippen molar-refractivity contribution in [1.82, 2.24) is 14.9 Å². The molecule has 2 saturated heterocycles. The summed E-state index contributed by atoms with van der Waals surface area (Å²) in [4.78, 5) is 34.2. The number of amides is 2. The van der Waals surface area contributed by atoms with Gasteiger partial charge in [-0.25, -0.2) is 27.5 Å². The Bertz CT molecular complexity index is 840. The second kappa shape index (κ2) is 6.70. The molecule has 2 amide bonds. The summed E-state index contributed by atoms with van der Waals surface area (Å²) in [6, 6.07) is -1.47. The number of likely N-dealkylation sites (tertiary alicyclic amines) is 1. The fourth-order valence-electron chi connectivity index (χ4n) is 3.36. The van der Waals surface area contributed by atoms with Gasteiger partial charge >= 0.3 is 0 Å². The number of hydrogen-bond acceptors (Lipinski definition) is 6. The Morgan fingerprint density at radius 1 is 1.17 bits per heavy atom. The molecule has 2 aliphatic heterocycles. The number of ether oxygens (including phenoxy) is 1. The second-order valence-corrected chi connectivity index (χ2v) is 7.76. The highest BCUT2D eigenvalue weighted by Crippen LogP contribution is 2.37. The van der Waals surface area contributed by atoms with Crippen molar-refractivity contribution in [3.05, 3.63) is 11.9 Å². The van der Waals surface area contributed by atoms with Crippen LogP contribution in [0.4, 0.5) is 23.4 Å². The Morgan fingerprint density at radius 3 is 2.45 bits per heavy atom. The fraction of sp³-hybridized carbons (Fsp3) is 0.647. The van der Waals surface area contributed by atoms with Gasteiger partial charge < -0.3 is 20.3 Å². The molecule has 0 spiro atoms. The van der Waals surface area contributed by atoms with E-state index in [4.69, 9.17) is 10.5 Å². The number of primary amides is 1. The summed E-state index contributed by atoms with van der Waals surface area (Å²) >= 11 is 0. The second-order valence-electron chi connectivity index (χ2n) is 7.76. The van der Waals surface area contributed by atoms with Crippen molar-refractivity contribution < 1.29 is 31.9 Å². The molecular weight excluding hydrogens is 398 g/mol. The molecule has 2 N–H and O–H groups in total. The lowest BCUT2D eigenvalue weighted by molar-refractivity contribution is -0.121. The minimum Gasteiger partial charge on any atom is -0.475 e. The Kier molecular flexibility index (Phi) is 4.54. The average molecular weight is 417 g/mol. The van der Waals surface area contributed by atoms with Gasteiger partial charge in [0.15, 0.2) is 11.5 Å². The molecule has 1 unspecified atom stereocenters. The van der Waals surface area contributed by atoms with Gasteiger partial charge in [0.2, 0.25) is 5.91 Å². The molecule has 1 aliphatic carbocycles. The molecule has 1 aromatic rings. The van der Waals surface area contributed by atoms with E-state index in [9.17, 15) is 27.2 Å². The van der Waals surface area contributed by atoms with Crippen molar-refractivity contribution in [1.29, 1.82) is 0 Å². The summed E-state index contributed by atoms with van der Waals surface area (Å²) in [6.45, 7) is -1.80. The first-order valence-electron chi connectivity index (χ1n) is 9.15. The van der Waals surface area contributed by atoms with E-state index >= 15 is 0 Å². The minimum atomic E-state index is -3.25. The lowest BCUT2D eigenvalue weighted by Gasteiger charge is -2.39. The molecule has 1 aromatic heterocycles. The lowest BCUT2D eigenvalue weighted by Crippen LogP contribution is -2.56. The third-order valence-corrected chi connectivity index (χ3v) is 5.10. The molecule has 4 rings (SSSR count). The standard InChI is InChI=1S/C17H19F4N5O3/c18-16(19)3-11(12(22)27)26(8-16)15(28)10-4-23-13(25-6-17(20,21)7-25)14(24-10)29-5-9-1-2-9/h4,9,11H,1-3,5-8H2,(H2,22,27). The number of nitrogens with two attached hydrogens (primary N) is 1. The molecule has 0 aromatic carbocycles. The van der Waals surface area contributed by atoms with Gasteiger partial charge in [0.25, 0.3) is 23.6 Å². The topological polar surface area (TPSA) is 102 Å². The largest absolute Gasteiger partial charge is 0.475 e. The molecule has 8 nitrogen and oxygen atoms in total. The zero-order valence-electron chi connectivity index (χ0n) is 15.3. The Labute approximate surface area is 163 Å². The van der Waals surface area contributed by atoms with Gasteiger partial charge in [-0.3, -0.25) is 9.59 Å². The van der Waals surface area contributed by atoms with Gasteiger partial charge in [0.1, 0.15) is 6.04 Å². The minimum absolute atomic E-state index is 0.0614. The Morgan fingerprint density at radius 2 is 1.86 bits per heavy atom. The SMILES string of the molecule is NC(=O)C1CC(F)(F)CN1C(=O)c1cnc(N2CC(F)(F)C2)c(OCC2CC2)n1. The number of alkyl halides is 4. The molecule has 1 saturated carbocycles. The predicted molar refractivity (Wildman–Crippen MR) is 91.0 cm³/mol. The molecule has 1 atom stereocenters. The molecule has 3 aliphatic rings. The van der Waals surface area contributed by atoms with Crippen LogP contribution in [0.1, 0.15) is 29.8 Å². The van der Waals surface area contributed by atoms with Crippen molar-refractivity contribution in [2.45, 2.75) is 37.1 Å². The smallest absolute Gasteiger partial charge is 0.282 e. The summed E-state index contributed by atoms with van der Waals surface area (Å²) < 4.78 is 59.5. The van der Waals surface area contributed by atoms with Crippen LogP contribution in [0.5, 0.6) is 5.88 Å². The molecule has 12 heteroatoms. The fourth-order valence-corrected chi connectivity index (χ4v) is 3.36. The maximum atomic E-state index is 13.7. The van der Waals surface area contributed by atoms with Crippen molar-refractivity contribution in [2.24, 2.45) is 11.7 Å². The van der Waals surface area contributed by atoms with E-state index in [1.165, 1.54) is 4.90 Å². The van der Waals surface area contributed by atoms with Gasteiger partial charge in [-0.1, -0.05) is 0 Å². The summed E-state index contributed by atoms with van der Waals surface area (Å²) in [5.74, 6) is -7.83. The quantitative estimate of drug-likeness (QED) is 0.695. The van der Waals surface area contributed by atoms with Crippen LogP contribution in [0, 0.1) is 5.92 Å². The van der Waals surface area contributed by atoms with E-state index in [2.05, 4.69) is 9.97 Å². The van der Waals surface area contributed by atoms with Gasteiger partial charge in [-0.05, 0) is 18.8 Å². The van der Waals surface area contributed by atoms with Crippen LogP contribution in [0.15, 0.2) is 6.20 Å². The molecule has 3 heterocycles.